The van der Waals surface area contributed by atoms with E-state index >= 15 is 0 Å². The number of hydrogen-bond donors (Lipinski definition) is 1. The van der Waals surface area contributed by atoms with Crippen LogP contribution in [-0.2, 0) is 0 Å². The zero-order chi connectivity index (χ0) is 15.0. The summed E-state index contributed by atoms with van der Waals surface area (Å²) in [7, 11) is 1.71. The minimum Gasteiger partial charge on any atom is -0.313 e. The molecule has 0 saturated heterocycles. The van der Waals surface area contributed by atoms with E-state index in [0.717, 1.165) is 25.3 Å². The molecule has 20 heavy (non-hydrogen) atoms. The number of hydrogen-bond acceptors (Lipinski definition) is 1. The minimum atomic E-state index is -1.14. The van der Waals surface area contributed by atoms with Gasteiger partial charge >= 0.3 is 0 Å². The highest BCUT2D eigenvalue weighted by Crippen LogP contribution is 2.24. The highest BCUT2D eigenvalue weighted by Gasteiger charge is 2.17. The Hall–Kier alpha value is -1.03. The summed E-state index contributed by atoms with van der Waals surface area (Å²) in [6.07, 6.45) is 7.61. The highest BCUT2D eigenvalue weighted by molar-refractivity contribution is 5.23. The summed E-state index contributed by atoms with van der Waals surface area (Å²) in [4.78, 5) is 0. The van der Waals surface area contributed by atoms with E-state index in [1.54, 1.807) is 7.05 Å². The molecule has 1 N–H and O–H groups in total. The molecule has 0 aromatic heterocycles. The number of unbranched alkanes of at least 4 members (excludes halogenated alkanes) is 5. The van der Waals surface area contributed by atoms with Crippen LogP contribution in [0.5, 0.6) is 0 Å². The molecule has 0 spiro atoms. The maximum absolute atomic E-state index is 13.7. The van der Waals surface area contributed by atoms with Crippen LogP contribution in [0.2, 0.25) is 0 Å². The highest BCUT2D eigenvalue weighted by atomic mass is 19.2. The van der Waals surface area contributed by atoms with Crippen molar-refractivity contribution in [3.8, 4) is 0 Å². The molecule has 0 bridgehead atoms. The number of rotatable bonds is 9. The average molecular weight is 287 g/mol. The normalized spacial score (nSPS) is 12.7. The van der Waals surface area contributed by atoms with Crippen molar-refractivity contribution in [2.75, 3.05) is 7.05 Å². The lowest BCUT2D eigenvalue weighted by molar-refractivity contribution is 0.454. The smallest absolute Gasteiger partial charge is 0.161 e. The maximum Gasteiger partial charge on any atom is 0.161 e. The topological polar surface area (TPSA) is 12.0 Å². The van der Waals surface area contributed by atoms with Crippen molar-refractivity contribution in [2.45, 2.75) is 57.9 Å². The molecule has 0 aliphatic rings. The summed E-state index contributed by atoms with van der Waals surface area (Å²) in [5.41, 5.74) is 0.208. The van der Waals surface area contributed by atoms with Gasteiger partial charge in [0.05, 0.1) is 0 Å². The van der Waals surface area contributed by atoms with Crippen molar-refractivity contribution < 1.29 is 13.2 Å². The van der Waals surface area contributed by atoms with E-state index in [0.29, 0.717) is 6.07 Å². The van der Waals surface area contributed by atoms with Crippen molar-refractivity contribution in [1.29, 1.82) is 0 Å². The van der Waals surface area contributed by atoms with Crippen LogP contribution in [0.25, 0.3) is 0 Å². The van der Waals surface area contributed by atoms with Gasteiger partial charge in [-0.15, -0.1) is 0 Å². The van der Waals surface area contributed by atoms with Gasteiger partial charge in [0, 0.05) is 17.7 Å². The molecule has 1 nitrogen and oxygen atoms in total. The zero-order valence-corrected chi connectivity index (χ0v) is 12.3. The molecule has 114 valence electrons. The molecule has 0 fully saturated rings. The molecule has 0 aliphatic carbocycles. The Morgan fingerprint density at radius 2 is 1.50 bits per heavy atom. The van der Waals surface area contributed by atoms with Gasteiger partial charge in [0.2, 0.25) is 0 Å². The second kappa shape index (κ2) is 9.01. The third kappa shape index (κ3) is 5.16. The Kier molecular flexibility index (Phi) is 7.67. The number of nitrogens with one attached hydrogen (secondary N) is 1. The van der Waals surface area contributed by atoms with Gasteiger partial charge in [-0.05, 0) is 19.5 Å². The predicted octanol–water partition coefficient (Wildman–Crippen LogP) is 5.12. The standard InChI is InChI=1S/C16H24F3N/c1-3-4-5-6-7-8-9-16(20-2)12-10-14(18)15(19)11-13(12)17/h10-11,16,20H,3-9H2,1-2H3. The lowest BCUT2D eigenvalue weighted by Gasteiger charge is -2.17. The van der Waals surface area contributed by atoms with Gasteiger partial charge in [-0.25, -0.2) is 13.2 Å². The molecular weight excluding hydrogens is 263 g/mol. The van der Waals surface area contributed by atoms with Crippen molar-refractivity contribution in [3.05, 3.63) is 35.1 Å². The van der Waals surface area contributed by atoms with E-state index < -0.39 is 17.5 Å². The van der Waals surface area contributed by atoms with Gasteiger partial charge in [0.1, 0.15) is 5.82 Å². The largest absolute Gasteiger partial charge is 0.313 e. The molecule has 0 heterocycles. The first-order valence-electron chi connectivity index (χ1n) is 7.41. The number of halogens is 3. The Bertz CT molecular complexity index is 407. The molecule has 1 unspecified atom stereocenters. The second-order valence-corrected chi connectivity index (χ2v) is 5.19. The Morgan fingerprint density at radius 1 is 0.900 bits per heavy atom. The van der Waals surface area contributed by atoms with Crippen LogP contribution in [0, 0.1) is 17.5 Å². The Labute approximate surface area is 119 Å². The Morgan fingerprint density at radius 3 is 2.15 bits per heavy atom. The lowest BCUT2D eigenvalue weighted by atomic mass is 9.99. The predicted molar refractivity (Wildman–Crippen MR) is 76.1 cm³/mol. The Balaban J connectivity index is 2.52. The molecule has 4 heteroatoms. The van der Waals surface area contributed by atoms with Crippen LogP contribution in [0.1, 0.15) is 63.5 Å². The SMILES string of the molecule is CCCCCCCCC(NC)c1cc(F)c(F)cc1F. The third-order valence-electron chi connectivity index (χ3n) is 3.61. The second-order valence-electron chi connectivity index (χ2n) is 5.19. The molecule has 0 saturated carbocycles. The lowest BCUT2D eigenvalue weighted by Crippen LogP contribution is -2.18. The van der Waals surface area contributed by atoms with Crippen LogP contribution in [-0.4, -0.2) is 7.05 Å². The summed E-state index contributed by atoms with van der Waals surface area (Å²) < 4.78 is 39.8. The quantitative estimate of drug-likeness (QED) is 0.491. The van der Waals surface area contributed by atoms with Crippen molar-refractivity contribution in [3.63, 3.8) is 0 Å². The molecule has 1 rings (SSSR count). The molecule has 0 amide bonds. The van der Waals surface area contributed by atoms with Crippen molar-refractivity contribution in [2.24, 2.45) is 0 Å². The van der Waals surface area contributed by atoms with Gasteiger partial charge in [-0.1, -0.05) is 45.4 Å². The van der Waals surface area contributed by atoms with Crippen molar-refractivity contribution in [1.82, 2.24) is 5.32 Å². The first kappa shape index (κ1) is 17.0. The van der Waals surface area contributed by atoms with Gasteiger partial charge in [0.25, 0.3) is 0 Å². The molecule has 1 aromatic carbocycles. The number of benzene rings is 1. The van der Waals surface area contributed by atoms with Crippen LogP contribution < -0.4 is 5.32 Å². The molecule has 0 aliphatic heterocycles. The molecule has 0 radical (unpaired) electrons. The van der Waals surface area contributed by atoms with Crippen molar-refractivity contribution >= 4 is 0 Å². The van der Waals surface area contributed by atoms with Gasteiger partial charge in [-0.2, -0.15) is 0 Å². The van der Waals surface area contributed by atoms with E-state index in [1.807, 2.05) is 0 Å². The van der Waals surface area contributed by atoms with E-state index in [1.165, 1.54) is 25.7 Å². The summed E-state index contributed by atoms with van der Waals surface area (Å²) >= 11 is 0. The maximum atomic E-state index is 13.7. The fraction of sp³-hybridized carbons (Fsp3) is 0.625. The average Bonchev–Trinajstić information content (AvgIpc) is 2.43. The summed E-state index contributed by atoms with van der Waals surface area (Å²) in [5, 5.41) is 2.98. The van der Waals surface area contributed by atoms with Crippen LogP contribution in [0.4, 0.5) is 13.2 Å². The van der Waals surface area contributed by atoms with Crippen LogP contribution >= 0.6 is 0 Å². The summed E-state index contributed by atoms with van der Waals surface area (Å²) in [6.45, 7) is 2.17. The van der Waals surface area contributed by atoms with Gasteiger partial charge in [-0.3, -0.25) is 0 Å². The first-order valence-corrected chi connectivity index (χ1v) is 7.41. The monoisotopic (exact) mass is 287 g/mol. The fourth-order valence-corrected chi connectivity index (χ4v) is 2.39. The molecule has 1 aromatic rings. The van der Waals surface area contributed by atoms with Crippen LogP contribution in [0.15, 0.2) is 12.1 Å². The fourth-order valence-electron chi connectivity index (χ4n) is 2.39. The van der Waals surface area contributed by atoms with E-state index in [4.69, 9.17) is 0 Å². The van der Waals surface area contributed by atoms with Gasteiger partial charge in [0.15, 0.2) is 11.6 Å². The van der Waals surface area contributed by atoms with E-state index in [9.17, 15) is 13.2 Å². The zero-order valence-electron chi connectivity index (χ0n) is 12.3. The summed E-state index contributed by atoms with van der Waals surface area (Å²) in [6, 6.07) is 1.32. The van der Waals surface area contributed by atoms with E-state index in [2.05, 4.69) is 12.2 Å². The summed E-state index contributed by atoms with van der Waals surface area (Å²) in [5.74, 6) is -2.82. The first-order chi connectivity index (χ1) is 9.60. The van der Waals surface area contributed by atoms with Crippen LogP contribution in [0.3, 0.4) is 0 Å². The van der Waals surface area contributed by atoms with Gasteiger partial charge < -0.3 is 5.32 Å². The van der Waals surface area contributed by atoms with E-state index in [-0.39, 0.29) is 11.6 Å². The minimum absolute atomic E-state index is 0.208. The molecule has 1 atom stereocenters. The molecular formula is C16H24F3N. The third-order valence-corrected chi connectivity index (χ3v) is 3.61.